The first-order chi connectivity index (χ1) is 9.52. The fourth-order valence-electron chi connectivity index (χ4n) is 2.26. The highest BCUT2D eigenvalue weighted by Gasteiger charge is 2.12. The molecule has 0 aliphatic carbocycles. The summed E-state index contributed by atoms with van der Waals surface area (Å²) in [5.41, 5.74) is 4.86. The van der Waals surface area contributed by atoms with E-state index < -0.39 is 0 Å². The van der Waals surface area contributed by atoms with Crippen molar-refractivity contribution in [1.29, 1.82) is 0 Å². The average molecular weight is 335 g/mol. The third-order valence-corrected chi connectivity index (χ3v) is 3.96. The Morgan fingerprint density at radius 3 is 2.55 bits per heavy atom. The molecule has 0 aliphatic heterocycles. The smallest absolute Gasteiger partial charge is 0.127 e. The lowest BCUT2D eigenvalue weighted by molar-refractivity contribution is 0.406. The fraction of sp³-hybridized carbons (Fsp3) is 0.312. The van der Waals surface area contributed by atoms with Gasteiger partial charge in [-0.2, -0.15) is 0 Å². The molecule has 0 bridgehead atoms. The molecule has 1 aromatic heterocycles. The van der Waals surface area contributed by atoms with Crippen molar-refractivity contribution in [2.45, 2.75) is 27.3 Å². The molecule has 0 saturated heterocycles. The minimum Gasteiger partial charge on any atom is -0.496 e. The van der Waals surface area contributed by atoms with Crippen molar-refractivity contribution in [1.82, 2.24) is 4.98 Å². The normalized spacial score (nSPS) is 10.4. The Morgan fingerprint density at radius 1 is 1.20 bits per heavy atom. The van der Waals surface area contributed by atoms with Gasteiger partial charge in [-0.05, 0) is 65.5 Å². The molecule has 0 spiro atoms. The summed E-state index contributed by atoms with van der Waals surface area (Å²) in [7, 11) is 1.72. The number of rotatable bonds is 4. The molecule has 0 fully saturated rings. The van der Waals surface area contributed by atoms with E-state index >= 15 is 0 Å². The van der Waals surface area contributed by atoms with Crippen LogP contribution in [0, 0.1) is 20.8 Å². The SMILES string of the molecule is COc1c(C)c(C)cc(C)c1CNc1ccc(Br)cn1. The van der Waals surface area contributed by atoms with Crippen LogP contribution in [-0.2, 0) is 6.54 Å². The third-order valence-electron chi connectivity index (χ3n) is 3.49. The number of benzene rings is 1. The second kappa shape index (κ2) is 6.27. The third kappa shape index (κ3) is 3.12. The molecule has 106 valence electrons. The van der Waals surface area contributed by atoms with E-state index in [9.17, 15) is 0 Å². The minimum absolute atomic E-state index is 0.699. The van der Waals surface area contributed by atoms with Crippen molar-refractivity contribution >= 4 is 21.7 Å². The van der Waals surface area contributed by atoms with Crippen molar-refractivity contribution in [3.05, 3.63) is 51.1 Å². The standard InChI is InChI=1S/C16H19BrN2O/c1-10-7-11(2)14(16(20-4)12(10)3)9-19-15-6-5-13(17)8-18-15/h5-8H,9H2,1-4H3,(H,18,19). The van der Waals surface area contributed by atoms with Gasteiger partial charge < -0.3 is 10.1 Å². The number of ether oxygens (including phenoxy) is 1. The first-order valence-electron chi connectivity index (χ1n) is 6.52. The van der Waals surface area contributed by atoms with Crippen molar-refractivity contribution in [3.8, 4) is 5.75 Å². The summed E-state index contributed by atoms with van der Waals surface area (Å²) in [6, 6.07) is 6.12. The minimum atomic E-state index is 0.699. The zero-order valence-corrected chi connectivity index (χ0v) is 13.8. The number of hydrogen-bond acceptors (Lipinski definition) is 3. The molecular weight excluding hydrogens is 316 g/mol. The average Bonchev–Trinajstić information content (AvgIpc) is 2.43. The number of anilines is 1. The Morgan fingerprint density at radius 2 is 1.95 bits per heavy atom. The van der Waals surface area contributed by atoms with Crippen molar-refractivity contribution in [3.63, 3.8) is 0 Å². The molecule has 0 saturated carbocycles. The molecule has 0 amide bonds. The van der Waals surface area contributed by atoms with E-state index in [1.807, 2.05) is 12.1 Å². The highest BCUT2D eigenvalue weighted by atomic mass is 79.9. The lowest BCUT2D eigenvalue weighted by Gasteiger charge is -2.17. The van der Waals surface area contributed by atoms with Gasteiger partial charge in [-0.25, -0.2) is 4.98 Å². The van der Waals surface area contributed by atoms with Gasteiger partial charge >= 0.3 is 0 Å². The Bertz CT molecular complexity index is 609. The monoisotopic (exact) mass is 334 g/mol. The summed E-state index contributed by atoms with van der Waals surface area (Å²) < 4.78 is 6.55. The van der Waals surface area contributed by atoms with Crippen molar-refractivity contribution in [2.24, 2.45) is 0 Å². The lowest BCUT2D eigenvalue weighted by atomic mass is 9.99. The van der Waals surface area contributed by atoms with Gasteiger partial charge in [0.1, 0.15) is 11.6 Å². The van der Waals surface area contributed by atoms with Gasteiger partial charge in [-0.15, -0.1) is 0 Å². The van der Waals surface area contributed by atoms with Gasteiger partial charge in [0.25, 0.3) is 0 Å². The van der Waals surface area contributed by atoms with Crippen LogP contribution in [0.5, 0.6) is 5.75 Å². The zero-order valence-electron chi connectivity index (χ0n) is 12.2. The van der Waals surface area contributed by atoms with Crippen LogP contribution in [-0.4, -0.2) is 12.1 Å². The van der Waals surface area contributed by atoms with E-state index in [0.29, 0.717) is 6.54 Å². The number of pyridine rings is 1. The number of methoxy groups -OCH3 is 1. The number of aryl methyl sites for hydroxylation is 2. The maximum absolute atomic E-state index is 5.58. The van der Waals surface area contributed by atoms with Crippen LogP contribution in [0.15, 0.2) is 28.9 Å². The van der Waals surface area contributed by atoms with E-state index in [2.05, 4.69) is 53.1 Å². The summed E-state index contributed by atoms with van der Waals surface area (Å²) in [4.78, 5) is 4.32. The van der Waals surface area contributed by atoms with E-state index in [4.69, 9.17) is 4.74 Å². The van der Waals surface area contributed by atoms with Crippen LogP contribution in [0.1, 0.15) is 22.3 Å². The highest BCUT2D eigenvalue weighted by Crippen LogP contribution is 2.30. The zero-order chi connectivity index (χ0) is 14.7. The summed E-state index contributed by atoms with van der Waals surface area (Å²) in [6.45, 7) is 7.01. The highest BCUT2D eigenvalue weighted by molar-refractivity contribution is 9.10. The molecule has 0 aliphatic rings. The van der Waals surface area contributed by atoms with Crippen LogP contribution in [0.25, 0.3) is 0 Å². The lowest BCUT2D eigenvalue weighted by Crippen LogP contribution is -2.07. The summed E-state index contributed by atoms with van der Waals surface area (Å²) in [5, 5.41) is 3.34. The van der Waals surface area contributed by atoms with Gasteiger partial charge in [-0.1, -0.05) is 6.07 Å². The van der Waals surface area contributed by atoms with Crippen LogP contribution in [0.4, 0.5) is 5.82 Å². The number of aromatic nitrogens is 1. The Labute approximate surface area is 128 Å². The molecule has 20 heavy (non-hydrogen) atoms. The molecule has 1 aromatic carbocycles. The van der Waals surface area contributed by atoms with Gasteiger partial charge in [0.05, 0.1) is 7.11 Å². The van der Waals surface area contributed by atoms with Crippen LogP contribution < -0.4 is 10.1 Å². The molecule has 1 heterocycles. The van der Waals surface area contributed by atoms with Crippen molar-refractivity contribution in [2.75, 3.05) is 12.4 Å². The number of nitrogens with zero attached hydrogens (tertiary/aromatic N) is 1. The van der Waals surface area contributed by atoms with Crippen molar-refractivity contribution < 1.29 is 4.74 Å². The van der Waals surface area contributed by atoms with Crippen LogP contribution >= 0.6 is 15.9 Å². The number of hydrogen-bond donors (Lipinski definition) is 1. The molecule has 3 nitrogen and oxygen atoms in total. The Hall–Kier alpha value is -1.55. The summed E-state index contributed by atoms with van der Waals surface area (Å²) in [6.07, 6.45) is 1.78. The van der Waals surface area contributed by atoms with Gasteiger partial charge in [0.15, 0.2) is 0 Å². The second-order valence-corrected chi connectivity index (χ2v) is 5.78. The molecule has 1 N–H and O–H groups in total. The van der Waals surface area contributed by atoms with Gasteiger partial charge in [0, 0.05) is 22.8 Å². The fourth-order valence-corrected chi connectivity index (χ4v) is 2.49. The maximum Gasteiger partial charge on any atom is 0.127 e. The Kier molecular flexibility index (Phi) is 4.65. The predicted molar refractivity (Wildman–Crippen MR) is 86.5 cm³/mol. The molecule has 2 rings (SSSR count). The molecule has 0 atom stereocenters. The largest absolute Gasteiger partial charge is 0.496 e. The summed E-state index contributed by atoms with van der Waals surface area (Å²) in [5.74, 6) is 1.82. The van der Waals surface area contributed by atoms with E-state index in [1.54, 1.807) is 13.3 Å². The molecule has 2 aromatic rings. The first-order valence-corrected chi connectivity index (χ1v) is 7.31. The van der Waals surface area contributed by atoms with Gasteiger partial charge in [0.2, 0.25) is 0 Å². The predicted octanol–water partition coefficient (Wildman–Crippen LogP) is 4.39. The molecule has 0 unspecified atom stereocenters. The second-order valence-electron chi connectivity index (χ2n) is 4.86. The van der Waals surface area contributed by atoms with E-state index in [1.165, 1.54) is 22.3 Å². The van der Waals surface area contributed by atoms with Crippen LogP contribution in [0.2, 0.25) is 0 Å². The molecule has 4 heteroatoms. The van der Waals surface area contributed by atoms with E-state index in [0.717, 1.165) is 16.0 Å². The quantitative estimate of drug-likeness (QED) is 0.900. The molecular formula is C16H19BrN2O. The molecule has 0 radical (unpaired) electrons. The van der Waals surface area contributed by atoms with E-state index in [-0.39, 0.29) is 0 Å². The first kappa shape index (κ1) is 14.9. The topological polar surface area (TPSA) is 34.1 Å². The summed E-state index contributed by atoms with van der Waals surface area (Å²) >= 11 is 3.38. The maximum atomic E-state index is 5.58. The van der Waals surface area contributed by atoms with Crippen LogP contribution in [0.3, 0.4) is 0 Å². The number of nitrogens with one attached hydrogen (secondary N) is 1. The number of halogens is 1. The van der Waals surface area contributed by atoms with Gasteiger partial charge in [-0.3, -0.25) is 0 Å². The Balaban J connectivity index is 2.25.